The molecule has 9 nitrogen and oxygen atoms in total. The fourth-order valence-electron chi connectivity index (χ4n) is 4.73. The van der Waals surface area contributed by atoms with Crippen molar-refractivity contribution in [1.82, 2.24) is 24.4 Å². The van der Waals surface area contributed by atoms with Gasteiger partial charge < -0.3 is 15.2 Å². The van der Waals surface area contributed by atoms with E-state index in [0.29, 0.717) is 28.6 Å². The summed E-state index contributed by atoms with van der Waals surface area (Å²) in [6.07, 6.45) is 11.4. The molecule has 0 radical (unpaired) electrons. The van der Waals surface area contributed by atoms with Gasteiger partial charge in [0.15, 0.2) is 5.65 Å². The molecule has 3 heterocycles. The molecule has 3 atom stereocenters. The fourth-order valence-corrected chi connectivity index (χ4v) is 4.73. The van der Waals surface area contributed by atoms with Gasteiger partial charge in [0.1, 0.15) is 11.4 Å². The number of aliphatic hydroxyl groups excluding tert-OH is 1. The first-order valence-corrected chi connectivity index (χ1v) is 11.5. The fraction of sp³-hybridized carbons (Fsp3) is 0.417. The molecule has 6 rings (SSSR count). The number of nitrogens with one attached hydrogen (secondary N) is 1. The molecular weight excluding hydrogens is 420 g/mol. The molecule has 2 N–H and O–H groups in total. The van der Waals surface area contributed by atoms with Crippen LogP contribution in [0.15, 0.2) is 43.0 Å². The molecule has 1 aromatic carbocycles. The molecular formula is C24H26N6O3. The standard InChI is InChI=1S/C24H26N6O3/c1-14-9-16(31)3-6-21(14)30-13-15-10-18(22(11-19(15)28-30)33-17-4-5-17)24(32)27-20-12-26-29-8-2-7-25-23(20)29/h2,7-8,10-14,16-17,21,31H,3-6,9H2,1H3,(H,27,32)/t14?,16?,21-/m0/s1. The number of fused-ring (bicyclic) bond motifs is 2. The molecule has 2 fully saturated rings. The maximum Gasteiger partial charge on any atom is 0.259 e. The van der Waals surface area contributed by atoms with Crippen molar-refractivity contribution in [2.75, 3.05) is 5.32 Å². The van der Waals surface area contributed by atoms with Crippen molar-refractivity contribution in [2.24, 2.45) is 5.92 Å². The Morgan fingerprint density at radius 2 is 2.12 bits per heavy atom. The van der Waals surface area contributed by atoms with Gasteiger partial charge in [0.2, 0.25) is 0 Å². The normalized spacial score (nSPS) is 23.2. The summed E-state index contributed by atoms with van der Waals surface area (Å²) in [5.74, 6) is 0.607. The van der Waals surface area contributed by atoms with Gasteiger partial charge >= 0.3 is 0 Å². The van der Waals surface area contributed by atoms with Crippen LogP contribution >= 0.6 is 0 Å². The van der Waals surface area contributed by atoms with Crippen molar-refractivity contribution in [3.05, 3.63) is 48.5 Å². The number of ether oxygens (including phenoxy) is 1. The Bertz CT molecular complexity index is 1340. The number of aliphatic hydroxyl groups is 1. The molecule has 2 unspecified atom stereocenters. The Hall–Kier alpha value is -3.46. The molecule has 0 spiro atoms. The van der Waals surface area contributed by atoms with Crippen LogP contribution in [0.3, 0.4) is 0 Å². The molecule has 2 aliphatic carbocycles. The predicted molar refractivity (Wildman–Crippen MR) is 122 cm³/mol. The van der Waals surface area contributed by atoms with Crippen molar-refractivity contribution in [2.45, 2.75) is 57.3 Å². The van der Waals surface area contributed by atoms with Crippen LogP contribution in [0, 0.1) is 5.92 Å². The highest BCUT2D eigenvalue weighted by Gasteiger charge is 2.30. The van der Waals surface area contributed by atoms with E-state index in [2.05, 4.69) is 22.3 Å². The zero-order valence-electron chi connectivity index (χ0n) is 18.4. The second kappa shape index (κ2) is 7.84. The van der Waals surface area contributed by atoms with Gasteiger partial charge in [-0.2, -0.15) is 10.2 Å². The van der Waals surface area contributed by atoms with Gasteiger partial charge in [-0.15, -0.1) is 0 Å². The first-order chi connectivity index (χ1) is 16.0. The van der Waals surface area contributed by atoms with Crippen molar-refractivity contribution < 1.29 is 14.6 Å². The Labute approximate surface area is 190 Å². The third kappa shape index (κ3) is 3.82. The zero-order valence-corrected chi connectivity index (χ0v) is 18.4. The second-order valence-electron chi connectivity index (χ2n) is 9.25. The van der Waals surface area contributed by atoms with Gasteiger partial charge in [-0.05, 0) is 50.2 Å². The Morgan fingerprint density at radius 3 is 2.94 bits per heavy atom. The number of aromatic nitrogens is 5. The molecule has 3 aromatic heterocycles. The first-order valence-electron chi connectivity index (χ1n) is 11.5. The van der Waals surface area contributed by atoms with Crippen LogP contribution in [-0.2, 0) is 0 Å². The molecule has 0 aliphatic heterocycles. The van der Waals surface area contributed by atoms with E-state index in [9.17, 15) is 9.90 Å². The summed E-state index contributed by atoms with van der Waals surface area (Å²) >= 11 is 0. The van der Waals surface area contributed by atoms with E-state index in [1.165, 1.54) is 0 Å². The molecule has 2 aliphatic rings. The molecule has 0 bridgehead atoms. The summed E-state index contributed by atoms with van der Waals surface area (Å²) in [6, 6.07) is 5.74. The van der Waals surface area contributed by atoms with E-state index in [-0.39, 0.29) is 24.2 Å². The van der Waals surface area contributed by atoms with E-state index in [0.717, 1.165) is 43.0 Å². The second-order valence-corrected chi connectivity index (χ2v) is 9.25. The van der Waals surface area contributed by atoms with E-state index >= 15 is 0 Å². The van der Waals surface area contributed by atoms with E-state index in [4.69, 9.17) is 9.84 Å². The smallest absolute Gasteiger partial charge is 0.259 e. The summed E-state index contributed by atoms with van der Waals surface area (Å²) < 4.78 is 9.72. The lowest BCUT2D eigenvalue weighted by atomic mass is 9.84. The third-order valence-electron chi connectivity index (χ3n) is 6.65. The maximum absolute atomic E-state index is 13.3. The molecule has 9 heteroatoms. The van der Waals surface area contributed by atoms with Crippen molar-refractivity contribution in [3.63, 3.8) is 0 Å². The predicted octanol–water partition coefficient (Wildman–Crippen LogP) is 3.59. The first kappa shape index (κ1) is 20.2. The van der Waals surface area contributed by atoms with Crippen molar-refractivity contribution in [3.8, 4) is 5.75 Å². The number of hydrogen-bond acceptors (Lipinski definition) is 6. The largest absolute Gasteiger partial charge is 0.490 e. The summed E-state index contributed by atoms with van der Waals surface area (Å²) in [6.45, 7) is 2.16. The minimum Gasteiger partial charge on any atom is -0.490 e. The molecule has 33 heavy (non-hydrogen) atoms. The van der Waals surface area contributed by atoms with Crippen LogP contribution in [0.4, 0.5) is 5.69 Å². The van der Waals surface area contributed by atoms with Gasteiger partial charge in [0, 0.05) is 30.0 Å². The molecule has 2 saturated carbocycles. The van der Waals surface area contributed by atoms with Gasteiger partial charge in [0.05, 0.1) is 35.5 Å². The highest BCUT2D eigenvalue weighted by Crippen LogP contribution is 2.36. The average Bonchev–Trinajstić information content (AvgIpc) is 3.38. The van der Waals surface area contributed by atoms with Gasteiger partial charge in [-0.3, -0.25) is 9.48 Å². The van der Waals surface area contributed by atoms with Crippen LogP contribution in [0.5, 0.6) is 5.75 Å². The Balaban J connectivity index is 1.35. The number of nitrogens with zero attached hydrogens (tertiary/aromatic N) is 5. The third-order valence-corrected chi connectivity index (χ3v) is 6.65. The van der Waals surface area contributed by atoms with Crippen LogP contribution in [-0.4, -0.2) is 47.6 Å². The van der Waals surface area contributed by atoms with Crippen LogP contribution in [0.1, 0.15) is 55.4 Å². The number of carbonyl (C=O) groups excluding carboxylic acids is 1. The highest BCUT2D eigenvalue weighted by molar-refractivity contribution is 6.09. The number of rotatable bonds is 5. The Kier molecular flexibility index (Phi) is 4.79. The SMILES string of the molecule is CC1CC(O)CC[C@@H]1n1cc2cc(C(=O)Nc3cnn4cccnc34)c(OC3CC3)cc2n1. The number of carbonyl (C=O) groups is 1. The highest BCUT2D eigenvalue weighted by atomic mass is 16.5. The van der Waals surface area contributed by atoms with Gasteiger partial charge in [-0.1, -0.05) is 6.92 Å². The lowest BCUT2D eigenvalue weighted by molar-refractivity contribution is 0.0750. The zero-order chi connectivity index (χ0) is 22.5. The molecule has 170 valence electrons. The average molecular weight is 447 g/mol. The minimum atomic E-state index is -0.269. The summed E-state index contributed by atoms with van der Waals surface area (Å²) in [5, 5.41) is 22.9. The molecule has 4 aromatic rings. The minimum absolute atomic E-state index is 0.148. The van der Waals surface area contributed by atoms with E-state index in [1.807, 2.05) is 23.0 Å². The topological polar surface area (TPSA) is 107 Å². The molecule has 0 saturated heterocycles. The molecule has 1 amide bonds. The van der Waals surface area contributed by atoms with Gasteiger partial charge in [0.25, 0.3) is 5.91 Å². The van der Waals surface area contributed by atoms with E-state index in [1.54, 1.807) is 29.2 Å². The maximum atomic E-state index is 13.3. The lowest BCUT2D eigenvalue weighted by Gasteiger charge is -2.31. The van der Waals surface area contributed by atoms with Crippen molar-refractivity contribution in [1.29, 1.82) is 0 Å². The van der Waals surface area contributed by atoms with Gasteiger partial charge in [-0.25, -0.2) is 9.50 Å². The Morgan fingerprint density at radius 1 is 1.24 bits per heavy atom. The van der Waals surface area contributed by atoms with E-state index < -0.39 is 0 Å². The lowest BCUT2D eigenvalue weighted by Crippen LogP contribution is -2.28. The van der Waals surface area contributed by atoms with Crippen molar-refractivity contribution >= 4 is 28.1 Å². The number of amides is 1. The quantitative estimate of drug-likeness (QED) is 0.485. The van der Waals surface area contributed by atoms with Crippen LogP contribution < -0.4 is 10.1 Å². The number of benzene rings is 1. The van der Waals surface area contributed by atoms with Crippen LogP contribution in [0.25, 0.3) is 16.6 Å². The number of anilines is 1. The summed E-state index contributed by atoms with van der Waals surface area (Å²) in [5.41, 5.74) is 2.40. The summed E-state index contributed by atoms with van der Waals surface area (Å²) in [4.78, 5) is 17.6. The number of hydrogen-bond donors (Lipinski definition) is 2. The van der Waals surface area contributed by atoms with Crippen LogP contribution in [0.2, 0.25) is 0 Å². The summed E-state index contributed by atoms with van der Waals surface area (Å²) in [7, 11) is 0. The monoisotopic (exact) mass is 446 g/mol.